The number of carbonyl (C=O) groups is 1. The van der Waals surface area contributed by atoms with Gasteiger partial charge in [-0.2, -0.15) is 5.10 Å². The molecule has 2 N–H and O–H groups in total. The largest absolute Gasteiger partial charge is 0.321 e. The normalized spacial score (nSPS) is 10.4. The fourth-order valence-corrected chi connectivity index (χ4v) is 1.85. The summed E-state index contributed by atoms with van der Waals surface area (Å²) in [6.45, 7) is 0. The summed E-state index contributed by atoms with van der Waals surface area (Å²) in [5, 5.41) is 11.5. The van der Waals surface area contributed by atoms with Crippen molar-refractivity contribution in [3.05, 3.63) is 60.4 Å². The quantitative estimate of drug-likeness (QED) is 0.720. The first-order valence-corrected chi connectivity index (χ1v) is 5.62. The van der Waals surface area contributed by atoms with E-state index in [1.165, 1.54) is 0 Å². The van der Waals surface area contributed by atoms with Gasteiger partial charge in [0, 0.05) is 11.9 Å². The molecule has 0 fully saturated rings. The van der Waals surface area contributed by atoms with E-state index in [2.05, 4.69) is 15.5 Å². The molecule has 1 heterocycles. The number of aromatic nitrogens is 2. The van der Waals surface area contributed by atoms with Gasteiger partial charge in [-0.3, -0.25) is 9.89 Å². The molecule has 0 spiro atoms. The van der Waals surface area contributed by atoms with Crippen molar-refractivity contribution in [2.24, 2.45) is 0 Å². The highest BCUT2D eigenvalue weighted by Gasteiger charge is 2.06. The lowest BCUT2D eigenvalue weighted by Gasteiger charge is -2.05. The fourth-order valence-electron chi connectivity index (χ4n) is 1.85. The van der Waals surface area contributed by atoms with Crippen LogP contribution in [0.25, 0.3) is 10.8 Å². The molecule has 4 heteroatoms. The van der Waals surface area contributed by atoms with Crippen LogP contribution in [0.5, 0.6) is 0 Å². The van der Waals surface area contributed by atoms with Crippen LogP contribution in [-0.4, -0.2) is 16.1 Å². The van der Waals surface area contributed by atoms with Crippen molar-refractivity contribution >= 4 is 22.4 Å². The number of carbonyl (C=O) groups excluding carboxylic acids is 1. The molecule has 2 aromatic carbocycles. The van der Waals surface area contributed by atoms with Gasteiger partial charge >= 0.3 is 0 Å². The molecule has 88 valence electrons. The summed E-state index contributed by atoms with van der Waals surface area (Å²) < 4.78 is 0. The predicted octanol–water partition coefficient (Wildman–Crippen LogP) is 2.82. The standard InChI is InChI=1S/C14H11N3O/c18-14(13-7-8-15-17-13)16-12-6-5-10-3-1-2-4-11(10)9-12/h1-9H,(H,15,17)(H,16,18). The monoisotopic (exact) mass is 237 g/mol. The molecule has 0 aliphatic rings. The van der Waals surface area contributed by atoms with Crippen LogP contribution in [0.1, 0.15) is 10.5 Å². The smallest absolute Gasteiger partial charge is 0.273 e. The average Bonchev–Trinajstić information content (AvgIpc) is 2.92. The minimum atomic E-state index is -0.192. The van der Waals surface area contributed by atoms with Crippen LogP contribution in [-0.2, 0) is 0 Å². The van der Waals surface area contributed by atoms with Crippen molar-refractivity contribution in [1.29, 1.82) is 0 Å². The number of rotatable bonds is 2. The number of hydrogen-bond donors (Lipinski definition) is 2. The summed E-state index contributed by atoms with van der Waals surface area (Å²) >= 11 is 0. The van der Waals surface area contributed by atoms with E-state index in [1.54, 1.807) is 12.3 Å². The van der Waals surface area contributed by atoms with Gasteiger partial charge in [-0.25, -0.2) is 0 Å². The van der Waals surface area contributed by atoms with Crippen LogP contribution in [0.15, 0.2) is 54.7 Å². The van der Waals surface area contributed by atoms with E-state index in [9.17, 15) is 4.79 Å². The topological polar surface area (TPSA) is 57.8 Å². The van der Waals surface area contributed by atoms with Crippen molar-refractivity contribution in [2.45, 2.75) is 0 Å². The van der Waals surface area contributed by atoms with Crippen LogP contribution in [0.3, 0.4) is 0 Å². The van der Waals surface area contributed by atoms with Crippen LogP contribution in [0, 0.1) is 0 Å². The summed E-state index contributed by atoms with van der Waals surface area (Å²) in [6, 6.07) is 15.5. The summed E-state index contributed by atoms with van der Waals surface area (Å²) in [6.07, 6.45) is 1.55. The molecule has 0 unspecified atom stereocenters. The van der Waals surface area contributed by atoms with Gasteiger partial charge in [-0.05, 0) is 29.0 Å². The van der Waals surface area contributed by atoms with Gasteiger partial charge in [0.1, 0.15) is 5.69 Å². The molecule has 0 saturated carbocycles. The number of nitrogens with one attached hydrogen (secondary N) is 2. The SMILES string of the molecule is O=C(Nc1ccc2ccccc2c1)c1ccn[nH]1. The summed E-state index contributed by atoms with van der Waals surface area (Å²) in [5.74, 6) is -0.192. The Balaban J connectivity index is 1.89. The van der Waals surface area contributed by atoms with Crippen molar-refractivity contribution in [2.75, 3.05) is 5.32 Å². The molecule has 0 atom stereocenters. The Morgan fingerprint density at radius 1 is 1.06 bits per heavy atom. The molecule has 1 aromatic heterocycles. The van der Waals surface area contributed by atoms with Gasteiger partial charge in [0.25, 0.3) is 5.91 Å². The minimum absolute atomic E-state index is 0.192. The van der Waals surface area contributed by atoms with Crippen molar-refractivity contribution in [3.63, 3.8) is 0 Å². The van der Waals surface area contributed by atoms with E-state index in [0.29, 0.717) is 5.69 Å². The lowest BCUT2D eigenvalue weighted by atomic mass is 10.1. The Morgan fingerprint density at radius 3 is 2.67 bits per heavy atom. The second-order valence-corrected chi connectivity index (χ2v) is 3.99. The first-order chi connectivity index (χ1) is 8.83. The number of benzene rings is 2. The van der Waals surface area contributed by atoms with Gasteiger partial charge in [0.05, 0.1) is 0 Å². The Bertz CT molecular complexity index is 689. The average molecular weight is 237 g/mol. The van der Waals surface area contributed by atoms with Crippen molar-refractivity contribution < 1.29 is 4.79 Å². The number of fused-ring (bicyclic) bond motifs is 1. The van der Waals surface area contributed by atoms with Crippen LogP contribution in [0.2, 0.25) is 0 Å². The second-order valence-electron chi connectivity index (χ2n) is 3.99. The van der Waals surface area contributed by atoms with Gasteiger partial charge in [0.2, 0.25) is 0 Å². The first-order valence-electron chi connectivity index (χ1n) is 5.62. The highest BCUT2D eigenvalue weighted by Crippen LogP contribution is 2.19. The third-order valence-electron chi connectivity index (χ3n) is 2.75. The first kappa shape index (κ1) is 10.5. The zero-order chi connectivity index (χ0) is 12.4. The zero-order valence-electron chi connectivity index (χ0n) is 9.55. The minimum Gasteiger partial charge on any atom is -0.321 e. The van der Waals surface area contributed by atoms with E-state index in [1.807, 2.05) is 42.5 Å². The maximum atomic E-state index is 11.8. The van der Waals surface area contributed by atoms with Gasteiger partial charge in [0.15, 0.2) is 0 Å². The van der Waals surface area contributed by atoms with E-state index in [-0.39, 0.29) is 5.91 Å². The molecule has 4 nitrogen and oxygen atoms in total. The molecule has 0 radical (unpaired) electrons. The number of hydrogen-bond acceptors (Lipinski definition) is 2. The maximum Gasteiger partial charge on any atom is 0.273 e. The zero-order valence-corrected chi connectivity index (χ0v) is 9.55. The molecule has 3 rings (SSSR count). The molecule has 18 heavy (non-hydrogen) atoms. The molecular formula is C14H11N3O. The van der Waals surface area contributed by atoms with Crippen molar-refractivity contribution in [3.8, 4) is 0 Å². The molecule has 3 aromatic rings. The Labute approximate surface area is 104 Å². The molecule has 0 saturated heterocycles. The van der Waals surface area contributed by atoms with Crippen molar-refractivity contribution in [1.82, 2.24) is 10.2 Å². The van der Waals surface area contributed by atoms with E-state index in [4.69, 9.17) is 0 Å². The predicted molar refractivity (Wildman–Crippen MR) is 70.5 cm³/mol. The summed E-state index contributed by atoms with van der Waals surface area (Å²) in [4.78, 5) is 11.8. The highest BCUT2D eigenvalue weighted by molar-refractivity contribution is 6.03. The fraction of sp³-hybridized carbons (Fsp3) is 0. The Morgan fingerprint density at radius 2 is 1.89 bits per heavy atom. The van der Waals surface area contributed by atoms with Crippen LogP contribution >= 0.6 is 0 Å². The molecule has 0 aliphatic heterocycles. The molecule has 0 aliphatic carbocycles. The van der Waals surface area contributed by atoms with Crippen LogP contribution < -0.4 is 5.32 Å². The van der Waals surface area contributed by atoms with E-state index < -0.39 is 0 Å². The second kappa shape index (κ2) is 4.33. The lowest BCUT2D eigenvalue weighted by Crippen LogP contribution is -2.12. The lowest BCUT2D eigenvalue weighted by molar-refractivity contribution is 0.102. The number of aromatic amines is 1. The molecule has 0 bridgehead atoms. The van der Waals surface area contributed by atoms with Crippen LogP contribution in [0.4, 0.5) is 5.69 Å². The number of H-pyrrole nitrogens is 1. The molecule has 1 amide bonds. The number of nitrogens with zero attached hydrogens (tertiary/aromatic N) is 1. The third-order valence-corrected chi connectivity index (χ3v) is 2.75. The maximum absolute atomic E-state index is 11.8. The van der Waals surface area contributed by atoms with Gasteiger partial charge in [-0.15, -0.1) is 0 Å². The summed E-state index contributed by atoms with van der Waals surface area (Å²) in [5.41, 5.74) is 1.22. The Hall–Kier alpha value is -2.62. The van der Waals surface area contributed by atoms with E-state index >= 15 is 0 Å². The summed E-state index contributed by atoms with van der Waals surface area (Å²) in [7, 11) is 0. The Kier molecular flexibility index (Phi) is 2.53. The number of amides is 1. The molecular weight excluding hydrogens is 226 g/mol. The third kappa shape index (κ3) is 1.96. The number of anilines is 1. The van der Waals surface area contributed by atoms with E-state index in [0.717, 1.165) is 16.5 Å². The van der Waals surface area contributed by atoms with Gasteiger partial charge in [-0.1, -0.05) is 30.3 Å². The highest BCUT2D eigenvalue weighted by atomic mass is 16.1. The van der Waals surface area contributed by atoms with Gasteiger partial charge < -0.3 is 5.32 Å².